The first kappa shape index (κ1) is 13.3. The van der Waals surface area contributed by atoms with Gasteiger partial charge in [0.15, 0.2) is 0 Å². The van der Waals surface area contributed by atoms with Gasteiger partial charge in [-0.15, -0.1) is 0 Å². The van der Waals surface area contributed by atoms with Crippen LogP contribution in [0.25, 0.3) is 10.9 Å². The van der Waals surface area contributed by atoms with Gasteiger partial charge in [-0.1, -0.05) is 6.07 Å². The number of ether oxygens (including phenoxy) is 1. The zero-order chi connectivity index (χ0) is 14.2. The molecule has 1 heterocycles. The number of methoxy groups -OCH3 is 1. The predicted molar refractivity (Wildman–Crippen MR) is 73.8 cm³/mol. The standard InChI is InChI=1S/C15H17NO3/c1-8-5-6-12(19-4)14-11(8)7-9(2)13(16-14)10(3)15(17)18/h5-7,10H,1-4H3,(H,17,18). The van der Waals surface area contributed by atoms with Crippen LogP contribution in [0.2, 0.25) is 0 Å². The van der Waals surface area contributed by atoms with Gasteiger partial charge >= 0.3 is 5.97 Å². The van der Waals surface area contributed by atoms with Gasteiger partial charge in [0.1, 0.15) is 11.3 Å². The summed E-state index contributed by atoms with van der Waals surface area (Å²) >= 11 is 0. The summed E-state index contributed by atoms with van der Waals surface area (Å²) in [5.74, 6) is -0.837. The van der Waals surface area contributed by atoms with E-state index in [4.69, 9.17) is 9.84 Å². The number of benzene rings is 1. The van der Waals surface area contributed by atoms with Crippen molar-refractivity contribution >= 4 is 16.9 Å². The van der Waals surface area contributed by atoms with Crippen molar-refractivity contribution in [3.05, 3.63) is 35.0 Å². The molecule has 4 nitrogen and oxygen atoms in total. The Morgan fingerprint density at radius 2 is 2.00 bits per heavy atom. The molecule has 0 spiro atoms. The van der Waals surface area contributed by atoms with Crippen LogP contribution in [0.15, 0.2) is 18.2 Å². The van der Waals surface area contributed by atoms with Gasteiger partial charge in [0.25, 0.3) is 0 Å². The van der Waals surface area contributed by atoms with Crippen LogP contribution in [-0.4, -0.2) is 23.2 Å². The Morgan fingerprint density at radius 1 is 1.32 bits per heavy atom. The van der Waals surface area contributed by atoms with E-state index in [-0.39, 0.29) is 0 Å². The molecule has 0 radical (unpaired) electrons. The number of carboxylic acids is 1. The molecule has 4 heteroatoms. The second-order valence-electron chi connectivity index (χ2n) is 4.73. The van der Waals surface area contributed by atoms with Crippen molar-refractivity contribution in [3.63, 3.8) is 0 Å². The van der Waals surface area contributed by atoms with Crippen molar-refractivity contribution in [2.45, 2.75) is 26.7 Å². The predicted octanol–water partition coefficient (Wildman–Crippen LogP) is 3.05. The molecule has 0 aliphatic rings. The number of nitrogens with zero attached hydrogens (tertiary/aromatic N) is 1. The van der Waals surface area contributed by atoms with Crippen molar-refractivity contribution in [3.8, 4) is 5.75 Å². The Kier molecular flexibility index (Phi) is 3.42. The first-order valence-corrected chi connectivity index (χ1v) is 6.13. The summed E-state index contributed by atoms with van der Waals surface area (Å²) < 4.78 is 5.31. The summed E-state index contributed by atoms with van der Waals surface area (Å²) in [6.45, 7) is 5.54. The second-order valence-corrected chi connectivity index (χ2v) is 4.73. The van der Waals surface area contributed by atoms with Crippen LogP contribution in [0.1, 0.15) is 29.7 Å². The molecule has 1 N–H and O–H groups in total. The van der Waals surface area contributed by atoms with Crippen LogP contribution < -0.4 is 4.74 Å². The van der Waals surface area contributed by atoms with E-state index in [1.54, 1.807) is 14.0 Å². The summed E-state index contributed by atoms with van der Waals surface area (Å²) in [4.78, 5) is 15.7. The average molecular weight is 259 g/mol. The topological polar surface area (TPSA) is 59.4 Å². The molecule has 0 aliphatic heterocycles. The number of carbonyl (C=O) groups is 1. The van der Waals surface area contributed by atoms with Gasteiger partial charge in [0, 0.05) is 5.39 Å². The largest absolute Gasteiger partial charge is 0.494 e. The van der Waals surface area contributed by atoms with E-state index in [2.05, 4.69) is 4.98 Å². The minimum Gasteiger partial charge on any atom is -0.494 e. The minimum atomic E-state index is -0.874. The molecule has 0 saturated heterocycles. The lowest BCUT2D eigenvalue weighted by Gasteiger charge is -2.14. The van der Waals surface area contributed by atoms with Crippen LogP contribution in [0, 0.1) is 13.8 Å². The smallest absolute Gasteiger partial charge is 0.312 e. The summed E-state index contributed by atoms with van der Waals surface area (Å²) in [6, 6.07) is 5.81. The fraction of sp³-hybridized carbons (Fsp3) is 0.333. The lowest BCUT2D eigenvalue weighted by Crippen LogP contribution is -2.11. The Morgan fingerprint density at radius 3 is 2.58 bits per heavy atom. The molecule has 100 valence electrons. The zero-order valence-electron chi connectivity index (χ0n) is 11.5. The maximum Gasteiger partial charge on any atom is 0.312 e. The van der Waals surface area contributed by atoms with Gasteiger partial charge in [0.2, 0.25) is 0 Å². The van der Waals surface area contributed by atoms with E-state index < -0.39 is 11.9 Å². The van der Waals surface area contributed by atoms with Crippen LogP contribution in [0.4, 0.5) is 0 Å². The summed E-state index contributed by atoms with van der Waals surface area (Å²) in [6.07, 6.45) is 0. The normalized spacial score (nSPS) is 12.4. The molecule has 0 saturated carbocycles. The number of carboxylic acid groups (broad SMARTS) is 1. The van der Waals surface area contributed by atoms with Gasteiger partial charge in [0.05, 0.1) is 18.7 Å². The van der Waals surface area contributed by atoms with Gasteiger partial charge in [-0.05, 0) is 44.0 Å². The molecule has 1 atom stereocenters. The number of hydrogen-bond acceptors (Lipinski definition) is 3. The Labute approximate surface area is 112 Å². The highest BCUT2D eigenvalue weighted by Crippen LogP contribution is 2.30. The molecular weight excluding hydrogens is 242 g/mol. The number of aromatic nitrogens is 1. The third kappa shape index (κ3) is 2.26. The van der Waals surface area contributed by atoms with Crippen molar-refractivity contribution in [2.24, 2.45) is 0 Å². The highest BCUT2D eigenvalue weighted by atomic mass is 16.5. The van der Waals surface area contributed by atoms with E-state index in [0.717, 1.165) is 22.0 Å². The number of rotatable bonds is 3. The second kappa shape index (κ2) is 4.88. The fourth-order valence-corrected chi connectivity index (χ4v) is 2.21. The number of fused-ring (bicyclic) bond motifs is 1. The quantitative estimate of drug-likeness (QED) is 0.920. The molecule has 0 amide bonds. The van der Waals surface area contributed by atoms with Crippen molar-refractivity contribution in [1.82, 2.24) is 4.98 Å². The van der Waals surface area contributed by atoms with E-state index in [1.807, 2.05) is 32.0 Å². The lowest BCUT2D eigenvalue weighted by molar-refractivity contribution is -0.138. The van der Waals surface area contributed by atoms with Crippen molar-refractivity contribution in [1.29, 1.82) is 0 Å². The monoisotopic (exact) mass is 259 g/mol. The van der Waals surface area contributed by atoms with Gasteiger partial charge < -0.3 is 9.84 Å². The molecule has 1 unspecified atom stereocenters. The third-order valence-corrected chi connectivity index (χ3v) is 3.40. The molecule has 19 heavy (non-hydrogen) atoms. The SMILES string of the molecule is COc1ccc(C)c2cc(C)c(C(C)C(=O)O)nc12. The molecule has 1 aromatic carbocycles. The molecule has 0 bridgehead atoms. The maximum atomic E-state index is 11.1. The number of hydrogen-bond donors (Lipinski definition) is 1. The molecule has 2 aromatic rings. The summed E-state index contributed by atoms with van der Waals surface area (Å²) in [7, 11) is 1.59. The number of pyridine rings is 1. The van der Waals surface area contributed by atoms with E-state index >= 15 is 0 Å². The maximum absolute atomic E-state index is 11.1. The van der Waals surface area contributed by atoms with Crippen LogP contribution in [-0.2, 0) is 4.79 Å². The Hall–Kier alpha value is -2.10. The first-order chi connectivity index (χ1) is 8.95. The van der Waals surface area contributed by atoms with Crippen LogP contribution in [0.3, 0.4) is 0 Å². The van der Waals surface area contributed by atoms with Crippen LogP contribution in [0.5, 0.6) is 5.75 Å². The number of aryl methyl sites for hydroxylation is 2. The number of aliphatic carboxylic acids is 1. The zero-order valence-corrected chi connectivity index (χ0v) is 11.5. The highest BCUT2D eigenvalue weighted by molar-refractivity contribution is 5.89. The molecule has 0 aliphatic carbocycles. The third-order valence-electron chi connectivity index (χ3n) is 3.40. The Balaban J connectivity index is 2.76. The first-order valence-electron chi connectivity index (χ1n) is 6.13. The van der Waals surface area contributed by atoms with E-state index in [1.165, 1.54) is 0 Å². The Bertz CT molecular complexity index is 649. The minimum absolute atomic E-state index is 0.587. The van der Waals surface area contributed by atoms with Gasteiger partial charge in [-0.2, -0.15) is 0 Å². The molecule has 1 aromatic heterocycles. The molecule has 0 fully saturated rings. The average Bonchev–Trinajstić information content (AvgIpc) is 2.38. The van der Waals surface area contributed by atoms with E-state index in [9.17, 15) is 4.79 Å². The molecule has 2 rings (SSSR count). The fourth-order valence-electron chi connectivity index (χ4n) is 2.21. The van der Waals surface area contributed by atoms with Gasteiger partial charge in [-0.3, -0.25) is 4.79 Å². The van der Waals surface area contributed by atoms with Gasteiger partial charge in [-0.25, -0.2) is 4.98 Å². The van der Waals surface area contributed by atoms with E-state index in [0.29, 0.717) is 11.4 Å². The summed E-state index contributed by atoms with van der Waals surface area (Å²) in [5, 5.41) is 10.1. The highest BCUT2D eigenvalue weighted by Gasteiger charge is 2.19. The van der Waals surface area contributed by atoms with Crippen molar-refractivity contribution < 1.29 is 14.6 Å². The summed E-state index contributed by atoms with van der Waals surface area (Å²) in [5.41, 5.74) is 3.29. The van der Waals surface area contributed by atoms with Crippen LogP contribution >= 0.6 is 0 Å². The lowest BCUT2D eigenvalue weighted by atomic mass is 9.99. The van der Waals surface area contributed by atoms with Crippen molar-refractivity contribution in [2.75, 3.05) is 7.11 Å². The molecular formula is C15H17NO3.